The van der Waals surface area contributed by atoms with Crippen molar-refractivity contribution in [3.63, 3.8) is 0 Å². The van der Waals surface area contributed by atoms with Crippen molar-refractivity contribution in [2.45, 2.75) is 54.8 Å². The van der Waals surface area contributed by atoms with Gasteiger partial charge in [0.2, 0.25) is 0 Å². The normalized spacial score (nSPS) is 49.8. The van der Waals surface area contributed by atoms with E-state index in [-0.39, 0.29) is 5.57 Å². The molecule has 0 heterocycles. The molecule has 0 amide bonds. The predicted octanol–water partition coefficient (Wildman–Crippen LogP) is -5.61. The molecule has 0 aromatic heterocycles. The van der Waals surface area contributed by atoms with Crippen molar-refractivity contribution in [2.75, 3.05) is 13.2 Å². The lowest BCUT2D eigenvalue weighted by Gasteiger charge is -2.46. The second-order valence-electron chi connectivity index (χ2n) is 6.35. The van der Waals surface area contributed by atoms with Gasteiger partial charge >= 0.3 is 0 Å². The quantitative estimate of drug-likeness (QED) is 0.218. The van der Waals surface area contributed by atoms with Crippen LogP contribution in [0.3, 0.4) is 0 Å². The van der Waals surface area contributed by atoms with Gasteiger partial charge in [0.1, 0.15) is 30.5 Å². The third-order valence-electron chi connectivity index (χ3n) is 4.91. The SMILES string of the molecule is OCC1=C[C@H](N[C@@H]2[C@H](O)[C@@H](O)[C@H](O)[C@@H](CO)[C@H]2O)[C@H](O)[C@@H](O)[C@@H]1O. The van der Waals surface area contributed by atoms with E-state index in [4.69, 9.17) is 0 Å². The van der Waals surface area contributed by atoms with Gasteiger partial charge < -0.3 is 51.3 Å². The molecule has 2 rings (SSSR count). The molecule has 0 aromatic rings. The minimum atomic E-state index is -1.64. The molecule has 10 heteroatoms. The summed E-state index contributed by atoms with van der Waals surface area (Å²) >= 11 is 0. The van der Waals surface area contributed by atoms with Crippen LogP contribution in [0, 0.1) is 5.92 Å². The van der Waals surface area contributed by atoms with Crippen molar-refractivity contribution in [2.24, 2.45) is 5.92 Å². The second kappa shape index (κ2) is 7.70. The van der Waals surface area contributed by atoms with E-state index >= 15 is 0 Å². The molecule has 0 spiro atoms. The molecular formula is C14H25NO9. The Balaban J connectivity index is 2.23. The lowest BCUT2D eigenvalue weighted by atomic mass is 9.76. The number of aliphatic hydroxyl groups is 9. The fraction of sp³-hybridized carbons (Fsp3) is 0.857. The Labute approximate surface area is 137 Å². The van der Waals surface area contributed by atoms with Gasteiger partial charge in [-0.1, -0.05) is 6.08 Å². The molecule has 1 fully saturated rings. The molecule has 10 N–H and O–H groups in total. The zero-order valence-corrected chi connectivity index (χ0v) is 12.8. The van der Waals surface area contributed by atoms with Crippen LogP contribution >= 0.6 is 0 Å². The molecule has 10 atom stereocenters. The summed E-state index contributed by atoms with van der Waals surface area (Å²) in [7, 11) is 0. The van der Waals surface area contributed by atoms with Gasteiger partial charge in [0.25, 0.3) is 0 Å². The van der Waals surface area contributed by atoms with Crippen LogP contribution < -0.4 is 5.32 Å². The number of hydrogen-bond donors (Lipinski definition) is 10. The summed E-state index contributed by atoms with van der Waals surface area (Å²) in [5, 5.41) is 90.6. The average molecular weight is 351 g/mol. The largest absolute Gasteiger partial charge is 0.396 e. The van der Waals surface area contributed by atoms with Gasteiger partial charge in [-0.25, -0.2) is 0 Å². The fourth-order valence-electron chi connectivity index (χ4n) is 3.31. The van der Waals surface area contributed by atoms with Crippen LogP contribution in [0.25, 0.3) is 0 Å². The van der Waals surface area contributed by atoms with E-state index in [0.717, 1.165) is 0 Å². The van der Waals surface area contributed by atoms with Crippen molar-refractivity contribution in [1.29, 1.82) is 0 Å². The van der Waals surface area contributed by atoms with Crippen LogP contribution in [0.5, 0.6) is 0 Å². The first-order valence-corrected chi connectivity index (χ1v) is 7.69. The van der Waals surface area contributed by atoms with E-state index in [1.165, 1.54) is 6.08 Å². The van der Waals surface area contributed by atoms with E-state index in [2.05, 4.69) is 5.32 Å². The first kappa shape index (κ1) is 19.7. The maximum atomic E-state index is 10.2. The Morgan fingerprint density at radius 1 is 0.750 bits per heavy atom. The van der Waals surface area contributed by atoms with Crippen molar-refractivity contribution >= 4 is 0 Å². The van der Waals surface area contributed by atoms with Crippen LogP contribution in [0.15, 0.2) is 11.6 Å². The van der Waals surface area contributed by atoms with Crippen molar-refractivity contribution in [3.8, 4) is 0 Å². The van der Waals surface area contributed by atoms with Gasteiger partial charge in [-0.05, 0) is 5.57 Å². The molecule has 0 saturated heterocycles. The monoisotopic (exact) mass is 351 g/mol. The highest BCUT2D eigenvalue weighted by atomic mass is 16.4. The third-order valence-corrected chi connectivity index (χ3v) is 4.91. The van der Waals surface area contributed by atoms with Crippen LogP contribution in [0.1, 0.15) is 0 Å². The predicted molar refractivity (Wildman–Crippen MR) is 78.5 cm³/mol. The maximum Gasteiger partial charge on any atom is 0.111 e. The summed E-state index contributed by atoms with van der Waals surface area (Å²) in [6, 6.07) is -2.29. The second-order valence-corrected chi connectivity index (χ2v) is 6.35. The highest BCUT2D eigenvalue weighted by Gasteiger charge is 2.50. The lowest BCUT2D eigenvalue weighted by molar-refractivity contribution is -0.176. The highest BCUT2D eigenvalue weighted by molar-refractivity contribution is 5.22. The Morgan fingerprint density at radius 3 is 1.92 bits per heavy atom. The van der Waals surface area contributed by atoms with Crippen molar-refractivity contribution in [3.05, 3.63) is 11.6 Å². The first-order chi connectivity index (χ1) is 11.2. The van der Waals surface area contributed by atoms with Crippen LogP contribution in [-0.4, -0.2) is 114 Å². The molecule has 0 aliphatic heterocycles. The molecular weight excluding hydrogens is 326 g/mol. The zero-order chi connectivity index (χ0) is 18.2. The topological polar surface area (TPSA) is 194 Å². The molecule has 10 nitrogen and oxygen atoms in total. The molecule has 0 bridgehead atoms. The summed E-state index contributed by atoms with van der Waals surface area (Å²) in [6.07, 6.45) is -9.55. The number of nitrogens with one attached hydrogen (secondary N) is 1. The summed E-state index contributed by atoms with van der Waals surface area (Å²) < 4.78 is 0. The maximum absolute atomic E-state index is 10.2. The van der Waals surface area contributed by atoms with Crippen molar-refractivity contribution in [1.82, 2.24) is 5.32 Å². The van der Waals surface area contributed by atoms with Crippen molar-refractivity contribution < 1.29 is 46.0 Å². The van der Waals surface area contributed by atoms with Gasteiger partial charge in [0.05, 0.1) is 37.5 Å². The number of rotatable bonds is 4. The third kappa shape index (κ3) is 3.35. The lowest BCUT2D eigenvalue weighted by Crippen LogP contribution is -2.69. The van der Waals surface area contributed by atoms with E-state index < -0.39 is 73.9 Å². The molecule has 2 aliphatic carbocycles. The Hall–Kier alpha value is -0.660. The fourth-order valence-corrected chi connectivity index (χ4v) is 3.31. The Bertz CT molecular complexity index is 462. The highest BCUT2D eigenvalue weighted by Crippen LogP contribution is 2.28. The minimum Gasteiger partial charge on any atom is -0.396 e. The Morgan fingerprint density at radius 2 is 1.38 bits per heavy atom. The Kier molecular flexibility index (Phi) is 6.31. The molecule has 24 heavy (non-hydrogen) atoms. The van der Waals surface area contributed by atoms with E-state index in [1.807, 2.05) is 0 Å². The molecule has 0 aromatic carbocycles. The molecule has 2 aliphatic rings. The first-order valence-electron chi connectivity index (χ1n) is 7.69. The van der Waals surface area contributed by atoms with Gasteiger partial charge in [0, 0.05) is 5.92 Å². The summed E-state index contributed by atoms with van der Waals surface area (Å²) in [5.41, 5.74) is 0.0457. The van der Waals surface area contributed by atoms with Crippen LogP contribution in [0.4, 0.5) is 0 Å². The number of hydrogen-bond acceptors (Lipinski definition) is 10. The smallest absolute Gasteiger partial charge is 0.111 e. The van der Waals surface area contributed by atoms with E-state index in [1.54, 1.807) is 0 Å². The number of aliphatic hydroxyl groups excluding tert-OH is 9. The molecule has 1 saturated carbocycles. The average Bonchev–Trinajstić information content (AvgIpc) is 2.57. The van der Waals surface area contributed by atoms with Crippen LogP contribution in [0.2, 0.25) is 0 Å². The summed E-state index contributed by atoms with van der Waals surface area (Å²) in [4.78, 5) is 0. The van der Waals surface area contributed by atoms with Gasteiger partial charge in [-0.2, -0.15) is 0 Å². The van der Waals surface area contributed by atoms with Crippen LogP contribution in [-0.2, 0) is 0 Å². The van der Waals surface area contributed by atoms with Gasteiger partial charge in [0.15, 0.2) is 0 Å². The van der Waals surface area contributed by atoms with E-state index in [9.17, 15) is 46.0 Å². The van der Waals surface area contributed by atoms with Gasteiger partial charge in [-0.3, -0.25) is 0 Å². The standard InChI is InChI=1S/C14H25NO9/c16-2-4-1-6(11(21)13(23)8(4)18)15-7-9(19)5(3-17)10(20)14(24)12(7)22/h1,5-24H,2-3H2/t5-,6-,7-,8+,9+,10+,11-,12-,13-,14-/m0/s1. The zero-order valence-electron chi connectivity index (χ0n) is 12.8. The summed E-state index contributed by atoms with van der Waals surface area (Å²) in [5.74, 6) is -1.13. The van der Waals surface area contributed by atoms with E-state index in [0.29, 0.717) is 0 Å². The summed E-state index contributed by atoms with van der Waals surface area (Å²) in [6.45, 7) is -1.21. The molecule has 0 unspecified atom stereocenters. The molecule has 0 radical (unpaired) electrons. The molecule has 140 valence electrons. The minimum absolute atomic E-state index is 0.0457. The van der Waals surface area contributed by atoms with Gasteiger partial charge in [-0.15, -0.1) is 0 Å².